The van der Waals surface area contributed by atoms with E-state index in [1.807, 2.05) is 0 Å². The molecule has 1 aliphatic heterocycles. The number of amides is 3. The van der Waals surface area contributed by atoms with Gasteiger partial charge in [-0.1, -0.05) is 6.07 Å². The first-order valence-corrected chi connectivity index (χ1v) is 9.27. The standard InChI is InChI=1S/C18H18N4O5S/c1-9-11(4-3-5-13(9)22(26)27)17(25)20-18-15(16(19)24)12-6-7-21(10(2)23)8-14(12)28-18/h3-5H,6-8H2,1-2H3,(H2,19,24)(H,20,25). The lowest BCUT2D eigenvalue weighted by Gasteiger charge is -2.25. The van der Waals surface area contributed by atoms with Crippen LogP contribution in [-0.4, -0.2) is 34.1 Å². The minimum Gasteiger partial charge on any atom is -0.365 e. The number of nitrogens with one attached hydrogen (secondary N) is 1. The van der Waals surface area contributed by atoms with Crippen molar-refractivity contribution in [2.75, 3.05) is 11.9 Å². The van der Waals surface area contributed by atoms with Gasteiger partial charge in [0.15, 0.2) is 0 Å². The maximum Gasteiger partial charge on any atom is 0.273 e. The zero-order valence-corrected chi connectivity index (χ0v) is 16.1. The quantitative estimate of drug-likeness (QED) is 0.597. The molecule has 1 aromatic carbocycles. The third kappa shape index (κ3) is 3.46. The Morgan fingerprint density at radius 1 is 1.32 bits per heavy atom. The number of thiophene rings is 1. The van der Waals surface area contributed by atoms with Gasteiger partial charge < -0.3 is 16.0 Å². The normalized spacial score (nSPS) is 13.0. The molecule has 28 heavy (non-hydrogen) atoms. The monoisotopic (exact) mass is 402 g/mol. The summed E-state index contributed by atoms with van der Waals surface area (Å²) in [5.41, 5.74) is 6.71. The van der Waals surface area contributed by atoms with E-state index in [4.69, 9.17) is 5.73 Å². The molecule has 0 saturated carbocycles. The number of nitrogens with two attached hydrogens (primary N) is 1. The predicted octanol–water partition coefficient (Wildman–Crippen LogP) is 2.22. The number of carbonyl (C=O) groups excluding carboxylic acids is 3. The fraction of sp³-hybridized carbons (Fsp3) is 0.278. The number of nitro groups is 1. The Hall–Kier alpha value is -3.27. The Morgan fingerprint density at radius 2 is 2.04 bits per heavy atom. The summed E-state index contributed by atoms with van der Waals surface area (Å²) in [5, 5.41) is 14.1. The molecule has 1 aromatic heterocycles. The van der Waals surface area contributed by atoms with Crippen molar-refractivity contribution in [3.05, 3.63) is 55.4 Å². The van der Waals surface area contributed by atoms with Gasteiger partial charge in [0.2, 0.25) is 5.91 Å². The van der Waals surface area contributed by atoms with Gasteiger partial charge in [-0.25, -0.2) is 0 Å². The number of primary amides is 1. The van der Waals surface area contributed by atoms with E-state index < -0.39 is 16.7 Å². The largest absolute Gasteiger partial charge is 0.365 e. The second-order valence-corrected chi connectivity index (χ2v) is 7.53. The van der Waals surface area contributed by atoms with Crippen LogP contribution >= 0.6 is 11.3 Å². The molecule has 0 fully saturated rings. The average Bonchev–Trinajstić information content (AvgIpc) is 2.98. The number of nitrogens with zero attached hydrogens (tertiary/aromatic N) is 2. The van der Waals surface area contributed by atoms with Gasteiger partial charge in [-0.3, -0.25) is 24.5 Å². The van der Waals surface area contributed by atoms with Gasteiger partial charge in [0.25, 0.3) is 17.5 Å². The van der Waals surface area contributed by atoms with E-state index in [-0.39, 0.29) is 28.3 Å². The zero-order valence-electron chi connectivity index (χ0n) is 15.3. The molecule has 0 atom stereocenters. The average molecular weight is 402 g/mol. The van der Waals surface area contributed by atoms with Gasteiger partial charge in [0, 0.05) is 35.5 Å². The van der Waals surface area contributed by atoms with Crippen LogP contribution in [0.3, 0.4) is 0 Å². The van der Waals surface area contributed by atoms with Crippen LogP contribution in [0.15, 0.2) is 18.2 Å². The summed E-state index contributed by atoms with van der Waals surface area (Å²) in [7, 11) is 0. The van der Waals surface area contributed by atoms with Crippen molar-refractivity contribution in [3.8, 4) is 0 Å². The van der Waals surface area contributed by atoms with E-state index >= 15 is 0 Å². The summed E-state index contributed by atoms with van der Waals surface area (Å²) in [6, 6.07) is 4.23. The van der Waals surface area contributed by atoms with Crippen molar-refractivity contribution in [1.82, 2.24) is 4.90 Å². The second-order valence-electron chi connectivity index (χ2n) is 6.42. The Morgan fingerprint density at radius 3 is 2.64 bits per heavy atom. The van der Waals surface area contributed by atoms with E-state index in [9.17, 15) is 24.5 Å². The van der Waals surface area contributed by atoms with Crippen LogP contribution in [0.5, 0.6) is 0 Å². The van der Waals surface area contributed by atoms with Gasteiger partial charge in [-0.05, 0) is 25.0 Å². The first kappa shape index (κ1) is 19.5. The van der Waals surface area contributed by atoms with Gasteiger partial charge in [-0.15, -0.1) is 11.3 Å². The summed E-state index contributed by atoms with van der Waals surface area (Å²) >= 11 is 1.19. The number of nitro benzene ring substituents is 1. The zero-order chi connectivity index (χ0) is 20.6. The number of fused-ring (bicyclic) bond motifs is 1. The molecule has 0 aliphatic carbocycles. The number of hydrogen-bond donors (Lipinski definition) is 2. The van der Waals surface area contributed by atoms with Crippen molar-refractivity contribution in [2.24, 2.45) is 5.73 Å². The molecule has 0 radical (unpaired) electrons. The molecule has 146 valence electrons. The molecule has 9 nitrogen and oxygen atoms in total. The number of benzene rings is 1. The minimum atomic E-state index is -0.667. The van der Waals surface area contributed by atoms with Gasteiger partial charge in [0.05, 0.1) is 17.0 Å². The molecular weight excluding hydrogens is 384 g/mol. The lowest BCUT2D eigenvalue weighted by atomic mass is 10.0. The van der Waals surface area contributed by atoms with Gasteiger partial charge in [0.1, 0.15) is 5.00 Å². The highest BCUT2D eigenvalue weighted by Gasteiger charge is 2.29. The van der Waals surface area contributed by atoms with E-state index in [1.54, 1.807) is 4.90 Å². The van der Waals surface area contributed by atoms with Gasteiger partial charge in [-0.2, -0.15) is 0 Å². The molecule has 3 N–H and O–H groups in total. The Kier molecular flexibility index (Phi) is 5.14. The highest BCUT2D eigenvalue weighted by Crippen LogP contribution is 2.37. The molecule has 3 rings (SSSR count). The molecule has 3 amide bonds. The lowest BCUT2D eigenvalue weighted by molar-refractivity contribution is -0.385. The van der Waals surface area contributed by atoms with Crippen molar-refractivity contribution < 1.29 is 19.3 Å². The Bertz CT molecular complexity index is 1010. The van der Waals surface area contributed by atoms with E-state index in [2.05, 4.69) is 5.32 Å². The topological polar surface area (TPSA) is 136 Å². The van der Waals surface area contributed by atoms with Gasteiger partial charge >= 0.3 is 0 Å². The molecule has 0 bridgehead atoms. The van der Waals surface area contributed by atoms with Crippen molar-refractivity contribution in [1.29, 1.82) is 0 Å². The second kappa shape index (κ2) is 7.39. The van der Waals surface area contributed by atoms with E-state index in [0.717, 1.165) is 10.4 Å². The smallest absolute Gasteiger partial charge is 0.273 e. The molecule has 2 aromatic rings. The first-order chi connectivity index (χ1) is 13.2. The third-order valence-corrected chi connectivity index (χ3v) is 5.85. The van der Waals surface area contributed by atoms with Crippen molar-refractivity contribution >= 4 is 39.7 Å². The SMILES string of the molecule is CC(=O)N1CCc2c(sc(NC(=O)c3cccc([N+](=O)[O-])c3C)c2C(N)=O)C1. The molecule has 2 heterocycles. The lowest BCUT2D eigenvalue weighted by Crippen LogP contribution is -2.34. The molecule has 0 spiro atoms. The van der Waals surface area contributed by atoms with Crippen LogP contribution in [0.1, 0.15) is 43.6 Å². The predicted molar refractivity (Wildman–Crippen MR) is 103 cm³/mol. The van der Waals surface area contributed by atoms with Crippen LogP contribution in [0.2, 0.25) is 0 Å². The highest BCUT2D eigenvalue weighted by atomic mass is 32.1. The summed E-state index contributed by atoms with van der Waals surface area (Å²) in [4.78, 5) is 49.4. The molecule has 0 unspecified atom stereocenters. The number of carbonyl (C=O) groups is 3. The third-order valence-electron chi connectivity index (χ3n) is 4.72. The summed E-state index contributed by atoms with van der Waals surface area (Å²) in [6.07, 6.45) is 0.468. The van der Waals surface area contributed by atoms with E-state index in [0.29, 0.717) is 24.5 Å². The Labute approximate surface area is 164 Å². The summed E-state index contributed by atoms with van der Waals surface area (Å²) in [6.45, 7) is 3.78. The minimum absolute atomic E-state index is 0.0718. The van der Waals surface area contributed by atoms with Crippen LogP contribution in [0.4, 0.5) is 10.7 Å². The van der Waals surface area contributed by atoms with Crippen molar-refractivity contribution in [3.63, 3.8) is 0 Å². The number of rotatable bonds is 4. The molecule has 0 saturated heterocycles. The Balaban J connectivity index is 1.96. The summed E-state index contributed by atoms with van der Waals surface area (Å²) < 4.78 is 0. The van der Waals surface area contributed by atoms with E-state index in [1.165, 1.54) is 43.4 Å². The van der Waals surface area contributed by atoms with Crippen LogP contribution in [0, 0.1) is 17.0 Å². The molecule has 1 aliphatic rings. The maximum atomic E-state index is 12.7. The highest BCUT2D eigenvalue weighted by molar-refractivity contribution is 7.17. The fourth-order valence-electron chi connectivity index (χ4n) is 3.26. The maximum absolute atomic E-state index is 12.7. The molecule has 10 heteroatoms. The summed E-state index contributed by atoms with van der Waals surface area (Å²) in [5.74, 6) is -1.30. The van der Waals surface area contributed by atoms with Crippen LogP contribution in [0.25, 0.3) is 0 Å². The number of anilines is 1. The fourth-order valence-corrected chi connectivity index (χ4v) is 4.52. The molecular formula is C18H18N4O5S. The van der Waals surface area contributed by atoms with Crippen LogP contribution in [-0.2, 0) is 17.8 Å². The first-order valence-electron chi connectivity index (χ1n) is 8.46. The van der Waals surface area contributed by atoms with Crippen LogP contribution < -0.4 is 11.1 Å². The number of hydrogen-bond acceptors (Lipinski definition) is 6. The van der Waals surface area contributed by atoms with Crippen molar-refractivity contribution in [2.45, 2.75) is 26.8 Å².